The third-order valence-electron chi connectivity index (χ3n) is 2.13. The van der Waals surface area contributed by atoms with Crippen LogP contribution in [-0.4, -0.2) is 11.8 Å². The van der Waals surface area contributed by atoms with E-state index in [4.69, 9.17) is 0 Å². The standard InChI is InChI=1S/C13H19NO/c1-9(2)13(15)11-6-5-7-12(8-11)14-10(3)4/h5-10,14H,1-4H3. The molecule has 0 heterocycles. The highest BCUT2D eigenvalue weighted by molar-refractivity contribution is 5.98. The van der Waals surface area contributed by atoms with Crippen LogP contribution in [0.1, 0.15) is 38.1 Å². The lowest BCUT2D eigenvalue weighted by Crippen LogP contribution is -2.11. The smallest absolute Gasteiger partial charge is 0.165 e. The third kappa shape index (κ3) is 3.39. The lowest BCUT2D eigenvalue weighted by molar-refractivity contribution is 0.0939. The second-order valence-corrected chi connectivity index (χ2v) is 4.40. The molecule has 0 aliphatic heterocycles. The molecule has 1 aromatic carbocycles. The van der Waals surface area contributed by atoms with Crippen LogP contribution in [0.4, 0.5) is 5.69 Å². The number of carbonyl (C=O) groups excluding carboxylic acids is 1. The van der Waals surface area contributed by atoms with Gasteiger partial charge in [0.15, 0.2) is 5.78 Å². The lowest BCUT2D eigenvalue weighted by atomic mass is 10.0. The van der Waals surface area contributed by atoms with Crippen molar-refractivity contribution in [2.75, 3.05) is 5.32 Å². The minimum absolute atomic E-state index is 0.0549. The predicted molar refractivity (Wildman–Crippen MR) is 64.4 cm³/mol. The number of carbonyl (C=O) groups is 1. The second-order valence-electron chi connectivity index (χ2n) is 4.40. The minimum Gasteiger partial charge on any atom is -0.383 e. The van der Waals surface area contributed by atoms with Gasteiger partial charge < -0.3 is 5.32 Å². The average Bonchev–Trinajstić information content (AvgIpc) is 2.16. The van der Waals surface area contributed by atoms with Crippen molar-refractivity contribution in [3.63, 3.8) is 0 Å². The minimum atomic E-state index is 0.0549. The molecule has 0 bridgehead atoms. The first-order valence-corrected chi connectivity index (χ1v) is 5.41. The van der Waals surface area contributed by atoms with E-state index in [0.717, 1.165) is 11.3 Å². The predicted octanol–water partition coefficient (Wildman–Crippen LogP) is 3.35. The van der Waals surface area contributed by atoms with E-state index in [1.807, 2.05) is 38.1 Å². The fraction of sp³-hybridized carbons (Fsp3) is 0.462. The Morgan fingerprint density at radius 2 is 1.87 bits per heavy atom. The van der Waals surface area contributed by atoms with Crippen LogP contribution < -0.4 is 5.32 Å². The van der Waals surface area contributed by atoms with Gasteiger partial charge in [-0.15, -0.1) is 0 Å². The molecule has 0 atom stereocenters. The summed E-state index contributed by atoms with van der Waals surface area (Å²) in [6, 6.07) is 8.07. The topological polar surface area (TPSA) is 29.1 Å². The Balaban J connectivity index is 2.87. The summed E-state index contributed by atoms with van der Waals surface area (Å²) in [5.41, 5.74) is 1.80. The summed E-state index contributed by atoms with van der Waals surface area (Å²) in [5, 5.41) is 3.29. The summed E-state index contributed by atoms with van der Waals surface area (Å²) in [6.45, 7) is 8.00. The maximum Gasteiger partial charge on any atom is 0.165 e. The second kappa shape index (κ2) is 4.96. The van der Waals surface area contributed by atoms with Crippen molar-refractivity contribution >= 4 is 11.5 Å². The molecule has 0 radical (unpaired) electrons. The van der Waals surface area contributed by atoms with Crippen molar-refractivity contribution in [1.82, 2.24) is 0 Å². The van der Waals surface area contributed by atoms with Gasteiger partial charge in [-0.3, -0.25) is 4.79 Å². The van der Waals surface area contributed by atoms with E-state index in [0.29, 0.717) is 6.04 Å². The number of benzene rings is 1. The normalized spacial score (nSPS) is 10.8. The summed E-state index contributed by atoms with van der Waals surface area (Å²) in [5.74, 6) is 0.252. The van der Waals surface area contributed by atoms with Crippen LogP contribution in [0.3, 0.4) is 0 Å². The van der Waals surface area contributed by atoms with E-state index in [-0.39, 0.29) is 11.7 Å². The average molecular weight is 205 g/mol. The first-order chi connectivity index (χ1) is 7.00. The van der Waals surface area contributed by atoms with E-state index in [1.165, 1.54) is 0 Å². The largest absolute Gasteiger partial charge is 0.383 e. The molecular weight excluding hydrogens is 186 g/mol. The molecular formula is C13H19NO. The molecule has 2 heteroatoms. The highest BCUT2D eigenvalue weighted by Gasteiger charge is 2.10. The molecule has 0 saturated heterocycles. The van der Waals surface area contributed by atoms with E-state index >= 15 is 0 Å². The number of nitrogens with one attached hydrogen (secondary N) is 1. The zero-order valence-corrected chi connectivity index (χ0v) is 9.87. The number of ketones is 1. The van der Waals surface area contributed by atoms with Gasteiger partial charge in [-0.25, -0.2) is 0 Å². The first-order valence-electron chi connectivity index (χ1n) is 5.41. The molecule has 2 nitrogen and oxygen atoms in total. The van der Waals surface area contributed by atoms with Gasteiger partial charge in [-0.2, -0.15) is 0 Å². The molecule has 15 heavy (non-hydrogen) atoms. The van der Waals surface area contributed by atoms with Gasteiger partial charge in [0.1, 0.15) is 0 Å². The molecule has 0 unspecified atom stereocenters. The summed E-state index contributed by atoms with van der Waals surface area (Å²) in [7, 11) is 0. The Kier molecular flexibility index (Phi) is 3.89. The van der Waals surface area contributed by atoms with Crippen molar-refractivity contribution in [3.8, 4) is 0 Å². The van der Waals surface area contributed by atoms with Crippen LogP contribution in [0, 0.1) is 5.92 Å². The van der Waals surface area contributed by atoms with E-state index in [2.05, 4.69) is 19.2 Å². The molecule has 0 amide bonds. The van der Waals surface area contributed by atoms with Crippen molar-refractivity contribution < 1.29 is 4.79 Å². The Hall–Kier alpha value is -1.31. The molecule has 1 rings (SSSR count). The summed E-state index contributed by atoms with van der Waals surface area (Å²) in [6.07, 6.45) is 0. The van der Waals surface area contributed by atoms with Crippen molar-refractivity contribution in [2.24, 2.45) is 5.92 Å². The van der Waals surface area contributed by atoms with Gasteiger partial charge in [-0.1, -0.05) is 26.0 Å². The van der Waals surface area contributed by atoms with Crippen molar-refractivity contribution in [1.29, 1.82) is 0 Å². The van der Waals surface area contributed by atoms with Crippen molar-refractivity contribution in [3.05, 3.63) is 29.8 Å². The lowest BCUT2D eigenvalue weighted by Gasteiger charge is -2.11. The van der Waals surface area contributed by atoms with Crippen LogP contribution in [0.2, 0.25) is 0 Å². The SMILES string of the molecule is CC(C)Nc1cccc(C(=O)C(C)C)c1. The fourth-order valence-corrected chi connectivity index (χ4v) is 1.43. The monoisotopic (exact) mass is 205 g/mol. The van der Waals surface area contributed by atoms with E-state index in [9.17, 15) is 4.79 Å². The molecule has 1 N–H and O–H groups in total. The Morgan fingerprint density at radius 3 is 2.40 bits per heavy atom. The highest BCUT2D eigenvalue weighted by Crippen LogP contribution is 2.15. The number of anilines is 1. The Morgan fingerprint density at radius 1 is 1.20 bits per heavy atom. The summed E-state index contributed by atoms with van der Waals surface area (Å²) < 4.78 is 0. The number of hydrogen-bond donors (Lipinski definition) is 1. The zero-order valence-electron chi connectivity index (χ0n) is 9.87. The Labute approximate surface area is 91.7 Å². The van der Waals surface area contributed by atoms with Crippen LogP contribution in [-0.2, 0) is 0 Å². The maximum absolute atomic E-state index is 11.8. The van der Waals surface area contributed by atoms with Gasteiger partial charge in [-0.05, 0) is 26.0 Å². The molecule has 0 saturated carbocycles. The van der Waals surface area contributed by atoms with Crippen LogP contribution in [0.5, 0.6) is 0 Å². The molecule has 0 fully saturated rings. The van der Waals surface area contributed by atoms with Gasteiger partial charge >= 0.3 is 0 Å². The summed E-state index contributed by atoms with van der Waals surface area (Å²) in [4.78, 5) is 11.8. The Bertz CT molecular complexity index is 342. The maximum atomic E-state index is 11.8. The number of hydrogen-bond acceptors (Lipinski definition) is 2. The molecule has 0 aliphatic rings. The van der Waals surface area contributed by atoms with Crippen LogP contribution in [0.25, 0.3) is 0 Å². The summed E-state index contributed by atoms with van der Waals surface area (Å²) >= 11 is 0. The zero-order chi connectivity index (χ0) is 11.4. The number of rotatable bonds is 4. The van der Waals surface area contributed by atoms with Gasteiger partial charge in [0.25, 0.3) is 0 Å². The molecule has 1 aromatic rings. The molecule has 0 aliphatic carbocycles. The van der Waals surface area contributed by atoms with E-state index < -0.39 is 0 Å². The molecule has 0 spiro atoms. The van der Waals surface area contributed by atoms with Crippen molar-refractivity contribution in [2.45, 2.75) is 33.7 Å². The van der Waals surface area contributed by atoms with Crippen LogP contribution in [0.15, 0.2) is 24.3 Å². The molecule has 82 valence electrons. The number of Topliss-reactive ketones (excluding diaryl/α,β-unsaturated/α-hetero) is 1. The van der Waals surface area contributed by atoms with E-state index in [1.54, 1.807) is 0 Å². The molecule has 0 aromatic heterocycles. The fourth-order valence-electron chi connectivity index (χ4n) is 1.43. The first kappa shape index (κ1) is 11.8. The van der Waals surface area contributed by atoms with Gasteiger partial charge in [0.2, 0.25) is 0 Å². The van der Waals surface area contributed by atoms with Gasteiger partial charge in [0, 0.05) is 23.2 Å². The van der Waals surface area contributed by atoms with Gasteiger partial charge in [0.05, 0.1) is 0 Å². The third-order valence-corrected chi connectivity index (χ3v) is 2.13. The highest BCUT2D eigenvalue weighted by atomic mass is 16.1. The van der Waals surface area contributed by atoms with Crippen LogP contribution >= 0.6 is 0 Å². The quantitative estimate of drug-likeness (QED) is 0.764.